The minimum atomic E-state index is -0.227. The molecule has 0 bridgehead atoms. The van der Waals surface area contributed by atoms with Crippen molar-refractivity contribution in [3.8, 4) is 0 Å². The SMILES string of the molecule is CCCS1(C(C)C)CCNCC1. The van der Waals surface area contributed by atoms with Gasteiger partial charge < -0.3 is 5.32 Å². The molecule has 0 amide bonds. The van der Waals surface area contributed by atoms with Crippen molar-refractivity contribution in [3.05, 3.63) is 0 Å². The van der Waals surface area contributed by atoms with E-state index in [4.69, 9.17) is 0 Å². The van der Waals surface area contributed by atoms with Gasteiger partial charge >= 0.3 is 0 Å². The van der Waals surface area contributed by atoms with E-state index in [9.17, 15) is 0 Å². The molecule has 1 saturated heterocycles. The van der Waals surface area contributed by atoms with Crippen LogP contribution in [0.3, 0.4) is 0 Å². The largest absolute Gasteiger partial charge is 0.315 e. The van der Waals surface area contributed by atoms with Crippen molar-refractivity contribution in [2.45, 2.75) is 32.4 Å². The second kappa shape index (κ2) is 4.52. The molecule has 1 N–H and O–H groups in total. The van der Waals surface area contributed by atoms with Crippen molar-refractivity contribution < 1.29 is 0 Å². The first-order valence-electron chi connectivity index (χ1n) is 5.17. The smallest absolute Gasteiger partial charge is 0.00280 e. The summed E-state index contributed by atoms with van der Waals surface area (Å²) in [5.41, 5.74) is 0. The van der Waals surface area contributed by atoms with Crippen LogP contribution < -0.4 is 5.32 Å². The van der Waals surface area contributed by atoms with Gasteiger partial charge in [-0.05, 0) is 28.9 Å². The minimum Gasteiger partial charge on any atom is -0.315 e. The molecule has 0 atom stereocenters. The minimum absolute atomic E-state index is 0.227. The normalized spacial score (nSPS) is 25.7. The van der Waals surface area contributed by atoms with Crippen molar-refractivity contribution in [1.82, 2.24) is 5.32 Å². The van der Waals surface area contributed by atoms with Crippen LogP contribution in [0.25, 0.3) is 0 Å². The highest BCUT2D eigenvalue weighted by Gasteiger charge is 2.28. The van der Waals surface area contributed by atoms with Crippen molar-refractivity contribution >= 4 is 10.0 Å². The maximum absolute atomic E-state index is 3.47. The summed E-state index contributed by atoms with van der Waals surface area (Å²) in [5, 5.41) is 4.42. The molecule has 1 nitrogen and oxygen atoms in total. The number of rotatable bonds is 3. The maximum Gasteiger partial charge on any atom is 0.00280 e. The molecule has 2 heteroatoms. The number of nitrogens with one attached hydrogen (secondary N) is 1. The predicted octanol–water partition coefficient (Wildman–Crippen LogP) is 2.21. The van der Waals surface area contributed by atoms with Gasteiger partial charge in [-0.2, -0.15) is 0 Å². The van der Waals surface area contributed by atoms with Crippen molar-refractivity contribution in [2.75, 3.05) is 30.3 Å². The van der Waals surface area contributed by atoms with E-state index < -0.39 is 0 Å². The summed E-state index contributed by atoms with van der Waals surface area (Å²) in [7, 11) is -0.227. The fourth-order valence-electron chi connectivity index (χ4n) is 2.10. The standard InChI is InChI=1S/C10H23NS/c1-4-7-12(10(2)3)8-5-11-6-9-12/h10-11H,4-9H2,1-3H3. The second-order valence-electron chi connectivity index (χ2n) is 4.02. The van der Waals surface area contributed by atoms with E-state index in [1.807, 2.05) is 0 Å². The molecule has 0 aromatic rings. The van der Waals surface area contributed by atoms with Crippen LogP contribution in [0.1, 0.15) is 27.2 Å². The molecule has 0 radical (unpaired) electrons. The lowest BCUT2D eigenvalue weighted by Crippen LogP contribution is -2.38. The fraction of sp³-hybridized carbons (Fsp3) is 1.00. The van der Waals surface area contributed by atoms with Gasteiger partial charge in [0.05, 0.1) is 0 Å². The van der Waals surface area contributed by atoms with E-state index in [-0.39, 0.29) is 10.0 Å². The topological polar surface area (TPSA) is 12.0 Å². The zero-order valence-corrected chi connectivity index (χ0v) is 9.54. The van der Waals surface area contributed by atoms with E-state index in [0.717, 1.165) is 5.25 Å². The summed E-state index contributed by atoms with van der Waals surface area (Å²) in [6.07, 6.45) is 1.38. The van der Waals surface area contributed by atoms with E-state index in [1.54, 1.807) is 0 Å². The van der Waals surface area contributed by atoms with Crippen LogP contribution in [0.5, 0.6) is 0 Å². The highest BCUT2D eigenvalue weighted by molar-refractivity contribution is 8.34. The summed E-state index contributed by atoms with van der Waals surface area (Å²) < 4.78 is 0. The molecule has 1 aliphatic rings. The van der Waals surface area contributed by atoms with Crippen molar-refractivity contribution in [2.24, 2.45) is 0 Å². The molecule has 1 heterocycles. The van der Waals surface area contributed by atoms with Crippen LogP contribution in [-0.4, -0.2) is 35.6 Å². The lowest BCUT2D eigenvalue weighted by Gasteiger charge is -2.47. The Balaban J connectivity index is 2.56. The van der Waals surface area contributed by atoms with E-state index in [1.165, 1.54) is 36.8 Å². The molecule has 12 heavy (non-hydrogen) atoms. The monoisotopic (exact) mass is 189 g/mol. The van der Waals surface area contributed by atoms with Gasteiger partial charge in [-0.25, -0.2) is 10.0 Å². The highest BCUT2D eigenvalue weighted by atomic mass is 32.3. The number of hydrogen-bond donors (Lipinski definition) is 1. The molecule has 0 aromatic heterocycles. The summed E-state index contributed by atoms with van der Waals surface area (Å²) in [5.74, 6) is 4.45. The van der Waals surface area contributed by atoms with Crippen LogP contribution in [0, 0.1) is 0 Å². The Kier molecular flexibility index (Phi) is 3.91. The molecular formula is C10H23NS. The van der Waals surface area contributed by atoms with Gasteiger partial charge in [0.2, 0.25) is 0 Å². The fourth-order valence-corrected chi connectivity index (χ4v) is 6.04. The van der Waals surface area contributed by atoms with Crippen LogP contribution in [0.15, 0.2) is 0 Å². The number of hydrogen-bond acceptors (Lipinski definition) is 1. The van der Waals surface area contributed by atoms with Gasteiger partial charge in [-0.3, -0.25) is 0 Å². The van der Waals surface area contributed by atoms with Gasteiger partial charge in [0.15, 0.2) is 0 Å². The average molecular weight is 189 g/mol. The molecule has 1 fully saturated rings. The summed E-state index contributed by atoms with van der Waals surface area (Å²) in [4.78, 5) is 0. The summed E-state index contributed by atoms with van der Waals surface area (Å²) in [6.45, 7) is 9.73. The second-order valence-corrected chi connectivity index (χ2v) is 8.42. The quantitative estimate of drug-likeness (QED) is 0.718. The Labute approximate surface area is 78.6 Å². The molecule has 0 spiro atoms. The van der Waals surface area contributed by atoms with Gasteiger partial charge in [-0.1, -0.05) is 20.8 Å². The van der Waals surface area contributed by atoms with Crippen LogP contribution in [-0.2, 0) is 0 Å². The van der Waals surface area contributed by atoms with Crippen molar-refractivity contribution in [1.29, 1.82) is 0 Å². The molecule has 1 rings (SSSR count). The Bertz CT molecular complexity index is 122. The first kappa shape index (κ1) is 10.4. The van der Waals surface area contributed by atoms with Crippen LogP contribution in [0.2, 0.25) is 0 Å². The first-order valence-corrected chi connectivity index (χ1v) is 7.37. The Morgan fingerprint density at radius 3 is 2.25 bits per heavy atom. The Hall–Kier alpha value is 0.310. The van der Waals surface area contributed by atoms with E-state index in [2.05, 4.69) is 26.1 Å². The molecule has 0 unspecified atom stereocenters. The van der Waals surface area contributed by atoms with Gasteiger partial charge in [0, 0.05) is 13.1 Å². The Morgan fingerprint density at radius 2 is 1.83 bits per heavy atom. The summed E-state index contributed by atoms with van der Waals surface area (Å²) >= 11 is 0. The van der Waals surface area contributed by atoms with Gasteiger partial charge in [0.25, 0.3) is 0 Å². The van der Waals surface area contributed by atoms with Crippen molar-refractivity contribution in [3.63, 3.8) is 0 Å². The predicted molar refractivity (Wildman–Crippen MR) is 60.5 cm³/mol. The lowest BCUT2D eigenvalue weighted by molar-refractivity contribution is 0.738. The molecule has 74 valence electrons. The third-order valence-electron chi connectivity index (χ3n) is 2.98. The van der Waals surface area contributed by atoms with E-state index in [0.29, 0.717) is 0 Å². The maximum atomic E-state index is 3.47. The molecule has 0 aliphatic carbocycles. The third-order valence-corrected chi connectivity index (χ3v) is 8.24. The average Bonchev–Trinajstić information content (AvgIpc) is 2.06. The zero-order chi connectivity index (χ0) is 9.03. The molecular weight excluding hydrogens is 166 g/mol. The zero-order valence-electron chi connectivity index (χ0n) is 8.73. The Morgan fingerprint density at radius 1 is 1.25 bits per heavy atom. The molecule has 1 aliphatic heterocycles. The van der Waals surface area contributed by atoms with Gasteiger partial charge in [-0.15, -0.1) is 0 Å². The lowest BCUT2D eigenvalue weighted by atomic mass is 10.5. The van der Waals surface area contributed by atoms with E-state index >= 15 is 0 Å². The van der Waals surface area contributed by atoms with Crippen LogP contribution in [0.4, 0.5) is 0 Å². The molecule has 0 saturated carbocycles. The summed E-state index contributed by atoms with van der Waals surface area (Å²) in [6, 6.07) is 0. The first-order chi connectivity index (χ1) is 5.71. The third kappa shape index (κ3) is 2.17. The molecule has 0 aromatic carbocycles. The van der Waals surface area contributed by atoms with Crippen LogP contribution >= 0.6 is 10.0 Å². The van der Waals surface area contributed by atoms with Gasteiger partial charge in [0.1, 0.15) is 0 Å². The highest BCUT2D eigenvalue weighted by Crippen LogP contribution is 2.53.